The second-order valence-corrected chi connectivity index (χ2v) is 9.99. The maximum absolute atomic E-state index is 13.6. The molecule has 190 valence electrons. The number of aromatic nitrogens is 2. The van der Waals surface area contributed by atoms with Crippen molar-refractivity contribution in [2.75, 3.05) is 63.7 Å². The molecule has 0 spiro atoms. The lowest BCUT2D eigenvalue weighted by Crippen LogP contribution is -2.36. The summed E-state index contributed by atoms with van der Waals surface area (Å²) < 4.78 is 5.48. The molecule has 2 aliphatic heterocycles. The number of rotatable bonds is 6. The van der Waals surface area contributed by atoms with Gasteiger partial charge in [-0.3, -0.25) is 14.5 Å². The number of carbonyl (C=O) groups is 1. The van der Waals surface area contributed by atoms with Crippen molar-refractivity contribution in [1.29, 1.82) is 0 Å². The first-order valence-electron chi connectivity index (χ1n) is 12.5. The first kappa shape index (κ1) is 24.4. The topological polar surface area (TPSA) is 93.8 Å². The van der Waals surface area contributed by atoms with Gasteiger partial charge in [0.05, 0.1) is 18.8 Å². The highest BCUT2D eigenvalue weighted by atomic mass is 16.5. The molecule has 36 heavy (non-hydrogen) atoms. The zero-order chi connectivity index (χ0) is 25.2. The molecule has 3 aromatic rings. The van der Waals surface area contributed by atoms with E-state index in [0.717, 1.165) is 80.2 Å². The number of amides is 1. The van der Waals surface area contributed by atoms with Gasteiger partial charge in [-0.1, -0.05) is 0 Å². The molecule has 1 amide bonds. The average molecular weight is 491 g/mol. The Balaban J connectivity index is 1.44. The summed E-state index contributed by atoms with van der Waals surface area (Å²) in [7, 11) is 4.19. The maximum atomic E-state index is 13.6. The van der Waals surface area contributed by atoms with E-state index in [0.29, 0.717) is 17.3 Å². The summed E-state index contributed by atoms with van der Waals surface area (Å²) in [5.74, 6) is 0.542. The molecule has 5 rings (SSSR count). The van der Waals surface area contributed by atoms with Crippen molar-refractivity contribution in [1.82, 2.24) is 19.8 Å². The number of nitrogens with zero attached hydrogens (tertiary/aromatic N) is 4. The number of hydrogen-bond donors (Lipinski definition) is 2. The minimum atomic E-state index is -0.184. The van der Waals surface area contributed by atoms with Crippen molar-refractivity contribution in [2.45, 2.75) is 25.9 Å². The summed E-state index contributed by atoms with van der Waals surface area (Å²) in [4.78, 5) is 39.9. The number of hydrogen-bond acceptors (Lipinski definition) is 7. The van der Waals surface area contributed by atoms with Gasteiger partial charge in [0.15, 0.2) is 0 Å². The van der Waals surface area contributed by atoms with Gasteiger partial charge in [-0.15, -0.1) is 0 Å². The first-order chi connectivity index (χ1) is 17.4. The Labute approximate surface area is 211 Å². The Morgan fingerprint density at radius 3 is 2.75 bits per heavy atom. The van der Waals surface area contributed by atoms with Crippen LogP contribution >= 0.6 is 0 Å². The minimum absolute atomic E-state index is 0.133. The van der Waals surface area contributed by atoms with Gasteiger partial charge in [0.1, 0.15) is 5.82 Å². The van der Waals surface area contributed by atoms with Crippen LogP contribution in [0, 0.1) is 6.92 Å². The molecular weight excluding hydrogens is 456 g/mol. The van der Waals surface area contributed by atoms with Gasteiger partial charge in [0.2, 0.25) is 5.56 Å². The highest BCUT2D eigenvalue weighted by Crippen LogP contribution is 2.27. The molecule has 2 fully saturated rings. The van der Waals surface area contributed by atoms with Gasteiger partial charge in [-0.2, -0.15) is 0 Å². The molecule has 1 unspecified atom stereocenters. The molecule has 0 bridgehead atoms. The van der Waals surface area contributed by atoms with E-state index in [2.05, 4.69) is 39.1 Å². The van der Waals surface area contributed by atoms with E-state index in [1.165, 1.54) is 0 Å². The van der Waals surface area contributed by atoms with Crippen LogP contribution in [-0.2, 0) is 11.3 Å². The molecule has 0 radical (unpaired) electrons. The van der Waals surface area contributed by atoms with Crippen molar-refractivity contribution >= 4 is 28.3 Å². The summed E-state index contributed by atoms with van der Waals surface area (Å²) >= 11 is 0. The fourth-order valence-corrected chi connectivity index (χ4v) is 5.08. The van der Waals surface area contributed by atoms with Gasteiger partial charge in [-0.25, -0.2) is 4.98 Å². The van der Waals surface area contributed by atoms with Gasteiger partial charge >= 0.3 is 0 Å². The molecule has 9 heteroatoms. The normalized spacial score (nSPS) is 18.8. The lowest BCUT2D eigenvalue weighted by molar-refractivity contribution is 0.0341. The zero-order valence-electron chi connectivity index (χ0n) is 21.2. The van der Waals surface area contributed by atoms with E-state index in [4.69, 9.17) is 9.72 Å². The number of likely N-dealkylation sites (N-methyl/N-ethyl adjacent to an activating group) is 1. The van der Waals surface area contributed by atoms with Crippen molar-refractivity contribution in [2.24, 2.45) is 0 Å². The number of morpholine rings is 1. The Kier molecular flexibility index (Phi) is 7.04. The van der Waals surface area contributed by atoms with Crippen LogP contribution < -0.4 is 15.8 Å². The third kappa shape index (κ3) is 5.28. The minimum Gasteiger partial charge on any atom is -0.379 e. The molecule has 4 heterocycles. The van der Waals surface area contributed by atoms with Crippen LogP contribution in [0.25, 0.3) is 10.9 Å². The fourth-order valence-electron chi connectivity index (χ4n) is 5.08. The second-order valence-electron chi connectivity index (χ2n) is 9.99. The number of aromatic amines is 1. The van der Waals surface area contributed by atoms with Crippen LogP contribution in [0.1, 0.15) is 27.9 Å². The van der Waals surface area contributed by atoms with Crippen LogP contribution in [0.15, 0.2) is 41.3 Å². The lowest BCUT2D eigenvalue weighted by Gasteiger charge is -2.27. The number of H-pyrrole nitrogens is 1. The predicted octanol–water partition coefficient (Wildman–Crippen LogP) is 2.46. The quantitative estimate of drug-likeness (QED) is 0.548. The smallest absolute Gasteiger partial charge is 0.259 e. The van der Waals surface area contributed by atoms with Gasteiger partial charge < -0.3 is 24.8 Å². The van der Waals surface area contributed by atoms with Gasteiger partial charge in [-0.05, 0) is 62.8 Å². The largest absolute Gasteiger partial charge is 0.379 e. The molecule has 0 saturated carbocycles. The maximum Gasteiger partial charge on any atom is 0.259 e. The number of benzene rings is 1. The number of pyridine rings is 2. The molecule has 1 aromatic carbocycles. The summed E-state index contributed by atoms with van der Waals surface area (Å²) in [6, 6.07) is 9.54. The molecule has 1 atom stereocenters. The number of fused-ring (bicyclic) bond motifs is 1. The molecule has 2 saturated heterocycles. The fraction of sp³-hybridized carbons (Fsp3) is 0.444. The van der Waals surface area contributed by atoms with Crippen LogP contribution in [-0.4, -0.2) is 85.2 Å². The van der Waals surface area contributed by atoms with E-state index in [-0.39, 0.29) is 11.5 Å². The highest BCUT2D eigenvalue weighted by molar-refractivity contribution is 6.08. The van der Waals surface area contributed by atoms with E-state index >= 15 is 0 Å². The Morgan fingerprint density at radius 1 is 1.19 bits per heavy atom. The third-order valence-corrected chi connectivity index (χ3v) is 7.18. The molecule has 2 N–H and O–H groups in total. The molecular formula is C27H34N6O3. The lowest BCUT2D eigenvalue weighted by atomic mass is 10.1. The Morgan fingerprint density at radius 2 is 2.00 bits per heavy atom. The highest BCUT2D eigenvalue weighted by Gasteiger charge is 2.28. The van der Waals surface area contributed by atoms with Crippen LogP contribution in [0.4, 0.5) is 11.5 Å². The summed E-state index contributed by atoms with van der Waals surface area (Å²) in [5.41, 5.74) is 3.76. The predicted molar refractivity (Wildman–Crippen MR) is 142 cm³/mol. The Bertz CT molecular complexity index is 1310. The summed E-state index contributed by atoms with van der Waals surface area (Å²) in [5, 5.41) is 3.98. The van der Waals surface area contributed by atoms with Crippen molar-refractivity contribution < 1.29 is 9.53 Å². The van der Waals surface area contributed by atoms with E-state index < -0.39 is 0 Å². The van der Waals surface area contributed by atoms with Crippen LogP contribution in [0.5, 0.6) is 0 Å². The number of anilines is 2. The Hall–Kier alpha value is -3.27. The van der Waals surface area contributed by atoms with E-state index in [9.17, 15) is 9.59 Å². The summed E-state index contributed by atoms with van der Waals surface area (Å²) in [6.07, 6.45) is 2.94. The van der Waals surface area contributed by atoms with Crippen molar-refractivity contribution in [3.63, 3.8) is 0 Å². The van der Waals surface area contributed by atoms with Crippen LogP contribution in [0.3, 0.4) is 0 Å². The summed E-state index contributed by atoms with van der Waals surface area (Å²) in [6.45, 7) is 7.54. The number of ether oxygens (including phenoxy) is 1. The SMILES string of the molecule is Cc1cc(=O)[nH]c2ccc(NC(=O)c3cc(CN4CCOCC4)cnc3N3CCC(N(C)C)C3)cc12. The standard InChI is InChI=1S/C27H34N6O3/c1-18-12-25(34)30-24-5-4-20(14-22(18)24)29-27(35)23-13-19(16-32-8-10-36-11-9-32)15-28-26(23)33-7-6-21(17-33)31(2)3/h4-5,12-15,21H,6-11,16-17H2,1-3H3,(H,29,35)(H,30,34). The van der Waals surface area contributed by atoms with Gasteiger partial charge in [0, 0.05) is 67.6 Å². The zero-order valence-corrected chi connectivity index (χ0v) is 21.2. The average Bonchev–Trinajstić information content (AvgIpc) is 3.36. The van der Waals surface area contributed by atoms with Crippen LogP contribution in [0.2, 0.25) is 0 Å². The second kappa shape index (κ2) is 10.4. The first-order valence-corrected chi connectivity index (χ1v) is 12.5. The molecule has 0 aliphatic carbocycles. The van der Waals surface area contributed by atoms with E-state index in [1.807, 2.05) is 37.4 Å². The van der Waals surface area contributed by atoms with Crippen molar-refractivity contribution in [3.05, 3.63) is 63.6 Å². The number of nitrogens with one attached hydrogen (secondary N) is 2. The van der Waals surface area contributed by atoms with Crippen molar-refractivity contribution in [3.8, 4) is 0 Å². The van der Waals surface area contributed by atoms with Gasteiger partial charge in [0.25, 0.3) is 5.91 Å². The number of aryl methyl sites for hydroxylation is 1. The molecule has 9 nitrogen and oxygen atoms in total. The number of carbonyl (C=O) groups excluding carboxylic acids is 1. The third-order valence-electron chi connectivity index (χ3n) is 7.18. The molecule has 2 aliphatic rings. The molecule has 2 aromatic heterocycles. The monoisotopic (exact) mass is 490 g/mol. The van der Waals surface area contributed by atoms with E-state index in [1.54, 1.807) is 6.07 Å².